The van der Waals surface area contributed by atoms with Gasteiger partial charge in [0.15, 0.2) is 5.82 Å². The number of rotatable bonds is 4. The predicted octanol–water partition coefficient (Wildman–Crippen LogP) is 2.30. The molecule has 2 atom stereocenters. The minimum Gasteiger partial charge on any atom is -0.379 e. The van der Waals surface area contributed by atoms with E-state index in [9.17, 15) is 0 Å². The summed E-state index contributed by atoms with van der Waals surface area (Å²) >= 11 is 0. The highest BCUT2D eigenvalue weighted by molar-refractivity contribution is 5.84. The van der Waals surface area contributed by atoms with Gasteiger partial charge in [0.1, 0.15) is 17.6 Å². The minimum absolute atomic E-state index is 0.149. The molecule has 0 bridgehead atoms. The van der Waals surface area contributed by atoms with Crippen molar-refractivity contribution in [2.24, 2.45) is 5.92 Å². The average Bonchev–Trinajstić information content (AvgIpc) is 3.18. The quantitative estimate of drug-likeness (QED) is 0.787. The molecule has 0 aromatic carbocycles. The lowest BCUT2D eigenvalue weighted by Gasteiger charge is -2.19. The standard InChI is InChI=1S/C17H19N5O2/c1-10-3-4-14-16(20-10)17(19-9-18-14)21-15-8-23-7-12(15)6-13-5-11(2)22-24-13/h3-5,9,12,15H,6-8H2,1-2H3,(H,18,19,21)/t12-,15+/m1/s1. The molecule has 4 heterocycles. The maximum Gasteiger partial charge on any atom is 0.156 e. The van der Waals surface area contributed by atoms with Crippen LogP contribution in [0.1, 0.15) is 17.1 Å². The lowest BCUT2D eigenvalue weighted by atomic mass is 9.98. The fraction of sp³-hybridized carbons (Fsp3) is 0.412. The van der Waals surface area contributed by atoms with E-state index in [4.69, 9.17) is 9.26 Å². The highest BCUT2D eigenvalue weighted by Gasteiger charge is 2.30. The summed E-state index contributed by atoms with van der Waals surface area (Å²) in [5.74, 6) is 1.93. The van der Waals surface area contributed by atoms with Crippen molar-refractivity contribution in [3.63, 3.8) is 0 Å². The van der Waals surface area contributed by atoms with Crippen LogP contribution >= 0.6 is 0 Å². The number of hydrogen-bond acceptors (Lipinski definition) is 7. The number of ether oxygens (including phenoxy) is 1. The average molecular weight is 325 g/mol. The SMILES string of the molecule is Cc1cc(C[C@@H]2COC[C@@H]2Nc2ncnc3ccc(C)nc23)on1. The van der Waals surface area contributed by atoms with Gasteiger partial charge in [0.2, 0.25) is 0 Å². The van der Waals surface area contributed by atoms with Crippen LogP contribution in [0.5, 0.6) is 0 Å². The molecule has 1 N–H and O–H groups in total. The van der Waals surface area contributed by atoms with Gasteiger partial charge in [-0.2, -0.15) is 0 Å². The van der Waals surface area contributed by atoms with Crippen molar-refractivity contribution in [1.82, 2.24) is 20.1 Å². The van der Waals surface area contributed by atoms with Crippen LogP contribution in [0.15, 0.2) is 29.0 Å². The number of hydrogen-bond donors (Lipinski definition) is 1. The number of nitrogens with zero attached hydrogens (tertiary/aromatic N) is 4. The minimum atomic E-state index is 0.149. The Kier molecular flexibility index (Phi) is 3.86. The number of fused-ring (bicyclic) bond motifs is 1. The normalized spacial score (nSPS) is 20.6. The molecule has 0 amide bonds. The van der Waals surface area contributed by atoms with Gasteiger partial charge in [-0.1, -0.05) is 5.16 Å². The van der Waals surface area contributed by atoms with Gasteiger partial charge in [-0.05, 0) is 26.0 Å². The molecule has 1 fully saturated rings. The number of anilines is 1. The zero-order valence-corrected chi connectivity index (χ0v) is 13.7. The summed E-state index contributed by atoms with van der Waals surface area (Å²) in [6.45, 7) is 5.21. The summed E-state index contributed by atoms with van der Waals surface area (Å²) in [7, 11) is 0. The molecule has 3 aromatic heterocycles. The van der Waals surface area contributed by atoms with E-state index in [1.807, 2.05) is 32.0 Å². The van der Waals surface area contributed by atoms with Crippen LogP contribution in [0, 0.1) is 19.8 Å². The van der Waals surface area contributed by atoms with Crippen LogP contribution in [0.25, 0.3) is 11.0 Å². The Hall–Kier alpha value is -2.54. The molecule has 124 valence electrons. The van der Waals surface area contributed by atoms with Crippen molar-refractivity contribution < 1.29 is 9.26 Å². The number of aromatic nitrogens is 4. The molecule has 7 heteroatoms. The molecule has 7 nitrogen and oxygen atoms in total. The highest BCUT2D eigenvalue weighted by Crippen LogP contribution is 2.25. The first-order chi connectivity index (χ1) is 11.7. The van der Waals surface area contributed by atoms with Crippen molar-refractivity contribution >= 4 is 16.9 Å². The Labute approximate surface area is 139 Å². The van der Waals surface area contributed by atoms with Crippen LogP contribution in [0.2, 0.25) is 0 Å². The predicted molar refractivity (Wildman–Crippen MR) is 88.7 cm³/mol. The van der Waals surface area contributed by atoms with Crippen LogP contribution in [0.3, 0.4) is 0 Å². The molecule has 1 aliphatic rings. The van der Waals surface area contributed by atoms with E-state index in [-0.39, 0.29) is 6.04 Å². The third kappa shape index (κ3) is 2.94. The Morgan fingerprint density at radius 2 is 2.08 bits per heavy atom. The second kappa shape index (κ2) is 6.16. The van der Waals surface area contributed by atoms with E-state index in [2.05, 4.69) is 25.4 Å². The lowest BCUT2D eigenvalue weighted by Crippen LogP contribution is -2.29. The highest BCUT2D eigenvalue weighted by atomic mass is 16.5. The summed E-state index contributed by atoms with van der Waals surface area (Å²) in [5.41, 5.74) is 3.46. The summed E-state index contributed by atoms with van der Waals surface area (Å²) in [6.07, 6.45) is 2.35. The van der Waals surface area contributed by atoms with Gasteiger partial charge < -0.3 is 14.6 Å². The Bertz CT molecular complexity index is 863. The molecule has 0 unspecified atom stereocenters. The van der Waals surface area contributed by atoms with E-state index in [0.29, 0.717) is 19.1 Å². The monoisotopic (exact) mass is 325 g/mol. The van der Waals surface area contributed by atoms with Crippen LogP contribution in [0.4, 0.5) is 5.82 Å². The van der Waals surface area contributed by atoms with E-state index in [1.54, 1.807) is 6.33 Å². The number of nitrogens with one attached hydrogen (secondary N) is 1. The van der Waals surface area contributed by atoms with Crippen molar-refractivity contribution in [2.75, 3.05) is 18.5 Å². The van der Waals surface area contributed by atoms with Crippen molar-refractivity contribution in [2.45, 2.75) is 26.3 Å². The fourth-order valence-corrected chi connectivity index (χ4v) is 3.05. The van der Waals surface area contributed by atoms with Gasteiger partial charge in [-0.25, -0.2) is 15.0 Å². The maximum atomic E-state index is 5.67. The zero-order valence-electron chi connectivity index (χ0n) is 13.7. The van der Waals surface area contributed by atoms with E-state index in [0.717, 1.165) is 40.4 Å². The van der Waals surface area contributed by atoms with E-state index >= 15 is 0 Å². The summed E-state index contributed by atoms with van der Waals surface area (Å²) in [6, 6.07) is 6.04. The van der Waals surface area contributed by atoms with Gasteiger partial charge in [0, 0.05) is 24.1 Å². The van der Waals surface area contributed by atoms with Gasteiger partial charge in [-0.3, -0.25) is 0 Å². The smallest absolute Gasteiger partial charge is 0.156 e. The Balaban J connectivity index is 1.56. The van der Waals surface area contributed by atoms with E-state index < -0.39 is 0 Å². The van der Waals surface area contributed by atoms with Gasteiger partial charge >= 0.3 is 0 Å². The lowest BCUT2D eigenvalue weighted by molar-refractivity contribution is 0.183. The largest absolute Gasteiger partial charge is 0.379 e. The maximum absolute atomic E-state index is 5.67. The first kappa shape index (κ1) is 15.0. The number of pyridine rings is 1. The molecule has 4 rings (SSSR count). The van der Waals surface area contributed by atoms with Gasteiger partial charge in [-0.15, -0.1) is 0 Å². The van der Waals surface area contributed by atoms with E-state index in [1.165, 1.54) is 0 Å². The van der Waals surface area contributed by atoms with Crippen LogP contribution < -0.4 is 5.32 Å². The zero-order chi connectivity index (χ0) is 16.5. The number of aryl methyl sites for hydroxylation is 2. The molecule has 0 radical (unpaired) electrons. The van der Waals surface area contributed by atoms with Crippen LogP contribution in [-0.4, -0.2) is 39.4 Å². The molecule has 0 saturated carbocycles. The Morgan fingerprint density at radius 1 is 1.17 bits per heavy atom. The third-order valence-electron chi connectivity index (χ3n) is 4.28. The molecule has 0 spiro atoms. The Morgan fingerprint density at radius 3 is 2.92 bits per heavy atom. The van der Waals surface area contributed by atoms with Crippen molar-refractivity contribution in [1.29, 1.82) is 0 Å². The summed E-state index contributed by atoms with van der Waals surface area (Å²) < 4.78 is 11.0. The molecule has 24 heavy (non-hydrogen) atoms. The second-order valence-electron chi connectivity index (χ2n) is 6.23. The molecular weight excluding hydrogens is 306 g/mol. The first-order valence-electron chi connectivity index (χ1n) is 8.04. The van der Waals surface area contributed by atoms with Crippen LogP contribution in [-0.2, 0) is 11.2 Å². The molecule has 1 aliphatic heterocycles. The molecule has 3 aromatic rings. The topological polar surface area (TPSA) is 86.0 Å². The second-order valence-corrected chi connectivity index (χ2v) is 6.23. The van der Waals surface area contributed by atoms with Gasteiger partial charge in [0.25, 0.3) is 0 Å². The molecule has 1 saturated heterocycles. The third-order valence-corrected chi connectivity index (χ3v) is 4.28. The van der Waals surface area contributed by atoms with Gasteiger partial charge in [0.05, 0.1) is 30.5 Å². The fourth-order valence-electron chi connectivity index (χ4n) is 3.05. The van der Waals surface area contributed by atoms with Crippen molar-refractivity contribution in [3.8, 4) is 0 Å². The first-order valence-corrected chi connectivity index (χ1v) is 8.04. The summed E-state index contributed by atoms with van der Waals surface area (Å²) in [4.78, 5) is 13.2. The molecular formula is C17H19N5O2. The van der Waals surface area contributed by atoms with Crippen molar-refractivity contribution in [3.05, 3.63) is 41.7 Å². The molecule has 0 aliphatic carbocycles. The summed E-state index contributed by atoms with van der Waals surface area (Å²) in [5, 5.41) is 7.44.